The number of carbonyl (C=O) groups is 1. The van der Waals surface area contributed by atoms with Crippen molar-refractivity contribution in [3.8, 4) is 0 Å². The fraction of sp³-hybridized carbons (Fsp3) is 0.562. The van der Waals surface area contributed by atoms with Crippen molar-refractivity contribution in [3.05, 3.63) is 29.3 Å². The topological polar surface area (TPSA) is 44.4 Å². The Kier molecular flexibility index (Phi) is 4.78. The number of halogens is 1. The lowest BCUT2D eigenvalue weighted by molar-refractivity contribution is -0.116. The first-order valence-electron chi connectivity index (χ1n) is 7.72. The minimum atomic E-state index is 0.0333. The quantitative estimate of drug-likeness (QED) is 0.897. The second kappa shape index (κ2) is 6.77. The van der Waals surface area contributed by atoms with Gasteiger partial charge in [0, 0.05) is 32.1 Å². The third kappa shape index (κ3) is 3.76. The van der Waals surface area contributed by atoms with E-state index in [1.807, 2.05) is 18.2 Å². The number of fused-ring (bicyclic) bond motifs is 1. The molecule has 2 saturated heterocycles. The summed E-state index contributed by atoms with van der Waals surface area (Å²) in [5, 5.41) is 7.06. The normalized spacial score (nSPS) is 25.6. The molecule has 0 aliphatic carbocycles. The Morgan fingerprint density at radius 1 is 1.38 bits per heavy atom. The maximum Gasteiger partial charge on any atom is 0.225 e. The monoisotopic (exact) mass is 307 g/mol. The summed E-state index contributed by atoms with van der Waals surface area (Å²) in [6, 6.07) is 7.98. The summed E-state index contributed by atoms with van der Waals surface area (Å²) in [6.45, 7) is 4.16. The van der Waals surface area contributed by atoms with E-state index >= 15 is 0 Å². The van der Waals surface area contributed by atoms with Crippen LogP contribution in [0.4, 0.5) is 5.69 Å². The molecular formula is C16H22ClN3O. The summed E-state index contributed by atoms with van der Waals surface area (Å²) in [7, 11) is 0. The smallest absolute Gasteiger partial charge is 0.225 e. The zero-order valence-electron chi connectivity index (χ0n) is 12.1. The van der Waals surface area contributed by atoms with E-state index < -0.39 is 0 Å². The largest absolute Gasteiger partial charge is 0.325 e. The Morgan fingerprint density at radius 2 is 2.24 bits per heavy atom. The standard InChI is InChI=1S/C16H22ClN3O/c17-13-5-1-2-6-14(13)19-16(21)7-9-20-10-12-4-3-8-18-15(12)11-20/h1-2,5-6,12,15,18H,3-4,7-11H2,(H,19,21)/t12-,15+/m0/s1. The fourth-order valence-electron chi connectivity index (χ4n) is 3.35. The van der Waals surface area contributed by atoms with Crippen LogP contribution in [0.3, 0.4) is 0 Å². The van der Waals surface area contributed by atoms with Gasteiger partial charge in [-0.05, 0) is 37.4 Å². The average Bonchev–Trinajstić information content (AvgIpc) is 2.90. The Labute approximate surface area is 130 Å². The minimum Gasteiger partial charge on any atom is -0.325 e. The van der Waals surface area contributed by atoms with Crippen LogP contribution in [0, 0.1) is 5.92 Å². The molecule has 0 aromatic heterocycles. The molecule has 0 bridgehead atoms. The lowest BCUT2D eigenvalue weighted by atomic mass is 9.94. The number of anilines is 1. The van der Waals surface area contributed by atoms with Gasteiger partial charge in [0.2, 0.25) is 5.91 Å². The van der Waals surface area contributed by atoms with Gasteiger partial charge in [-0.15, -0.1) is 0 Å². The highest BCUT2D eigenvalue weighted by atomic mass is 35.5. The number of carbonyl (C=O) groups excluding carboxylic acids is 1. The van der Waals surface area contributed by atoms with Gasteiger partial charge in [0.1, 0.15) is 0 Å². The summed E-state index contributed by atoms with van der Waals surface area (Å²) >= 11 is 6.04. The van der Waals surface area contributed by atoms with E-state index in [0.717, 1.165) is 32.1 Å². The van der Waals surface area contributed by atoms with Crippen LogP contribution in [-0.2, 0) is 4.79 Å². The molecule has 3 rings (SSSR count). The molecule has 2 atom stereocenters. The number of hydrogen-bond donors (Lipinski definition) is 2. The van der Waals surface area contributed by atoms with Crippen LogP contribution in [0.2, 0.25) is 5.02 Å². The van der Waals surface area contributed by atoms with E-state index in [4.69, 9.17) is 11.6 Å². The summed E-state index contributed by atoms with van der Waals surface area (Å²) in [5.74, 6) is 0.802. The first-order chi connectivity index (χ1) is 10.2. The van der Waals surface area contributed by atoms with Crippen molar-refractivity contribution in [1.82, 2.24) is 10.2 Å². The average molecular weight is 308 g/mol. The van der Waals surface area contributed by atoms with Gasteiger partial charge in [-0.3, -0.25) is 4.79 Å². The number of benzene rings is 1. The highest BCUT2D eigenvalue weighted by Gasteiger charge is 2.33. The predicted octanol–water partition coefficient (Wildman–Crippen LogP) is 2.35. The zero-order chi connectivity index (χ0) is 14.7. The van der Waals surface area contributed by atoms with Crippen molar-refractivity contribution >= 4 is 23.2 Å². The molecular weight excluding hydrogens is 286 g/mol. The molecule has 21 heavy (non-hydrogen) atoms. The van der Waals surface area contributed by atoms with Gasteiger partial charge in [0.25, 0.3) is 0 Å². The number of amides is 1. The van der Waals surface area contributed by atoms with E-state index in [-0.39, 0.29) is 5.91 Å². The molecule has 5 heteroatoms. The third-order valence-electron chi connectivity index (χ3n) is 4.48. The van der Waals surface area contributed by atoms with Gasteiger partial charge in [0.15, 0.2) is 0 Å². The number of rotatable bonds is 4. The van der Waals surface area contributed by atoms with E-state index in [2.05, 4.69) is 15.5 Å². The first-order valence-corrected chi connectivity index (χ1v) is 8.10. The minimum absolute atomic E-state index is 0.0333. The summed E-state index contributed by atoms with van der Waals surface area (Å²) in [4.78, 5) is 14.4. The number of nitrogens with one attached hydrogen (secondary N) is 2. The molecule has 0 unspecified atom stereocenters. The SMILES string of the molecule is O=C(CCN1C[C@@H]2CCCN[C@@H]2C1)Nc1ccccc1Cl. The molecule has 0 saturated carbocycles. The van der Waals surface area contributed by atoms with E-state index in [0.29, 0.717) is 23.2 Å². The van der Waals surface area contributed by atoms with Crippen molar-refractivity contribution in [2.75, 3.05) is 31.5 Å². The lowest BCUT2D eigenvalue weighted by Gasteiger charge is -2.24. The molecule has 0 radical (unpaired) electrons. The van der Waals surface area contributed by atoms with E-state index in [1.54, 1.807) is 6.07 Å². The lowest BCUT2D eigenvalue weighted by Crippen LogP contribution is -2.40. The number of likely N-dealkylation sites (tertiary alicyclic amines) is 1. The highest BCUT2D eigenvalue weighted by Crippen LogP contribution is 2.25. The molecule has 2 N–H and O–H groups in total. The van der Waals surface area contributed by atoms with Gasteiger partial charge < -0.3 is 15.5 Å². The number of para-hydroxylation sites is 1. The third-order valence-corrected chi connectivity index (χ3v) is 4.81. The van der Waals surface area contributed by atoms with Gasteiger partial charge >= 0.3 is 0 Å². The maximum absolute atomic E-state index is 12.0. The van der Waals surface area contributed by atoms with Crippen LogP contribution in [0.5, 0.6) is 0 Å². The van der Waals surface area contributed by atoms with Crippen LogP contribution in [0.15, 0.2) is 24.3 Å². The Bertz CT molecular complexity index is 494. The molecule has 2 fully saturated rings. The van der Waals surface area contributed by atoms with Crippen LogP contribution in [0.25, 0.3) is 0 Å². The predicted molar refractivity (Wildman–Crippen MR) is 85.7 cm³/mol. The maximum atomic E-state index is 12.0. The van der Waals surface area contributed by atoms with Gasteiger partial charge in [0.05, 0.1) is 10.7 Å². The summed E-state index contributed by atoms with van der Waals surface area (Å²) in [5.41, 5.74) is 0.695. The highest BCUT2D eigenvalue weighted by molar-refractivity contribution is 6.33. The van der Waals surface area contributed by atoms with Crippen LogP contribution in [0.1, 0.15) is 19.3 Å². The molecule has 4 nitrogen and oxygen atoms in total. The van der Waals surface area contributed by atoms with Crippen molar-refractivity contribution in [2.45, 2.75) is 25.3 Å². The molecule has 2 aliphatic heterocycles. The van der Waals surface area contributed by atoms with Gasteiger partial charge in [-0.1, -0.05) is 23.7 Å². The molecule has 2 aliphatic rings. The first kappa shape index (κ1) is 14.8. The molecule has 1 aromatic carbocycles. The van der Waals surface area contributed by atoms with E-state index in [1.165, 1.54) is 12.8 Å². The van der Waals surface area contributed by atoms with Crippen molar-refractivity contribution in [1.29, 1.82) is 0 Å². The molecule has 114 valence electrons. The number of nitrogens with zero attached hydrogens (tertiary/aromatic N) is 1. The van der Waals surface area contributed by atoms with Crippen molar-refractivity contribution in [2.24, 2.45) is 5.92 Å². The molecule has 0 spiro atoms. The number of piperidine rings is 1. The van der Waals surface area contributed by atoms with Crippen LogP contribution >= 0.6 is 11.6 Å². The van der Waals surface area contributed by atoms with Gasteiger partial charge in [-0.25, -0.2) is 0 Å². The molecule has 1 amide bonds. The van der Waals surface area contributed by atoms with Crippen LogP contribution in [-0.4, -0.2) is 43.0 Å². The Balaban J connectivity index is 1.45. The second-order valence-electron chi connectivity index (χ2n) is 6.00. The number of hydrogen-bond acceptors (Lipinski definition) is 3. The molecule has 1 aromatic rings. The summed E-state index contributed by atoms with van der Waals surface area (Å²) < 4.78 is 0. The summed E-state index contributed by atoms with van der Waals surface area (Å²) in [6.07, 6.45) is 3.12. The van der Waals surface area contributed by atoms with Crippen LogP contribution < -0.4 is 10.6 Å². The van der Waals surface area contributed by atoms with E-state index in [9.17, 15) is 4.79 Å². The fourth-order valence-corrected chi connectivity index (χ4v) is 3.54. The van der Waals surface area contributed by atoms with Crippen molar-refractivity contribution in [3.63, 3.8) is 0 Å². The molecule has 2 heterocycles. The zero-order valence-corrected chi connectivity index (χ0v) is 12.9. The second-order valence-corrected chi connectivity index (χ2v) is 6.41. The Hall–Kier alpha value is -1.10. The van der Waals surface area contributed by atoms with Gasteiger partial charge in [-0.2, -0.15) is 0 Å². The Morgan fingerprint density at radius 3 is 3.05 bits per heavy atom. The van der Waals surface area contributed by atoms with Crippen molar-refractivity contribution < 1.29 is 4.79 Å².